The van der Waals surface area contributed by atoms with Crippen LogP contribution in [-0.2, 0) is 11.2 Å². The Kier molecular flexibility index (Phi) is 5.11. The number of hydrogen-bond donors (Lipinski definition) is 3. The molecule has 110 valence electrons. The Labute approximate surface area is 126 Å². The highest BCUT2D eigenvalue weighted by Gasteiger charge is 2.46. The Hall–Kier alpha value is -1.00. The van der Waals surface area contributed by atoms with Gasteiger partial charge < -0.3 is 10.4 Å². The number of carbonyl (C=O) groups is 1. The average Bonchev–Trinajstić information content (AvgIpc) is 2.48. The molecule has 1 heterocycles. The van der Waals surface area contributed by atoms with Crippen LogP contribution in [0.1, 0.15) is 25.3 Å². The second-order valence-corrected chi connectivity index (χ2v) is 6.44. The molecule has 0 spiro atoms. The van der Waals surface area contributed by atoms with Gasteiger partial charge in [0.2, 0.25) is 0 Å². The molecular formula is C16H23NO2S. The summed E-state index contributed by atoms with van der Waals surface area (Å²) in [6.07, 6.45) is 2.51. The minimum absolute atomic E-state index is 0.175. The van der Waals surface area contributed by atoms with E-state index in [2.05, 4.69) is 17.9 Å². The Bertz CT molecular complexity index is 445. The molecule has 1 saturated heterocycles. The first kappa shape index (κ1) is 15.4. The van der Waals surface area contributed by atoms with Crippen molar-refractivity contribution in [3.05, 3.63) is 35.9 Å². The largest absolute Gasteiger partial charge is 0.481 e. The van der Waals surface area contributed by atoms with Gasteiger partial charge in [0, 0.05) is 5.25 Å². The Morgan fingerprint density at radius 2 is 2.00 bits per heavy atom. The molecule has 20 heavy (non-hydrogen) atoms. The predicted molar refractivity (Wildman–Crippen MR) is 84.3 cm³/mol. The monoisotopic (exact) mass is 293 g/mol. The first-order chi connectivity index (χ1) is 9.55. The summed E-state index contributed by atoms with van der Waals surface area (Å²) in [7, 11) is 0. The maximum atomic E-state index is 11.9. The second-order valence-electron chi connectivity index (χ2n) is 5.82. The number of thiol groups is 1. The van der Waals surface area contributed by atoms with Gasteiger partial charge in [-0.25, -0.2) is 0 Å². The summed E-state index contributed by atoms with van der Waals surface area (Å²) >= 11 is 4.67. The zero-order chi connectivity index (χ0) is 14.6. The number of piperidine rings is 1. The van der Waals surface area contributed by atoms with Crippen LogP contribution < -0.4 is 5.32 Å². The molecule has 3 nitrogen and oxygen atoms in total. The number of carboxylic acids is 1. The van der Waals surface area contributed by atoms with Gasteiger partial charge in [0.1, 0.15) is 0 Å². The molecule has 0 radical (unpaired) electrons. The predicted octanol–water partition coefficient (Wildman–Crippen LogP) is 2.62. The van der Waals surface area contributed by atoms with Crippen molar-refractivity contribution in [1.29, 1.82) is 0 Å². The van der Waals surface area contributed by atoms with Crippen LogP contribution in [0.15, 0.2) is 30.3 Å². The van der Waals surface area contributed by atoms with Crippen LogP contribution in [0.5, 0.6) is 0 Å². The van der Waals surface area contributed by atoms with Crippen molar-refractivity contribution in [2.75, 3.05) is 13.1 Å². The molecule has 0 aromatic heterocycles. The zero-order valence-electron chi connectivity index (χ0n) is 11.9. The lowest BCUT2D eigenvalue weighted by molar-refractivity contribution is -0.152. The fourth-order valence-corrected chi connectivity index (χ4v) is 3.59. The summed E-state index contributed by atoms with van der Waals surface area (Å²) in [6, 6.07) is 10.0. The molecule has 1 aliphatic heterocycles. The lowest BCUT2D eigenvalue weighted by atomic mass is 9.69. The molecule has 0 aliphatic carbocycles. The van der Waals surface area contributed by atoms with Crippen LogP contribution in [0.3, 0.4) is 0 Å². The molecule has 2 N–H and O–H groups in total. The van der Waals surface area contributed by atoms with Crippen LogP contribution in [0.2, 0.25) is 0 Å². The molecule has 0 bridgehead atoms. The molecule has 0 amide bonds. The van der Waals surface area contributed by atoms with E-state index in [1.54, 1.807) is 0 Å². The summed E-state index contributed by atoms with van der Waals surface area (Å²) in [6.45, 7) is 3.67. The summed E-state index contributed by atoms with van der Waals surface area (Å²) in [5.74, 6) is -0.534. The number of rotatable bonds is 5. The van der Waals surface area contributed by atoms with Gasteiger partial charge in [-0.05, 0) is 50.8 Å². The quantitative estimate of drug-likeness (QED) is 0.732. The van der Waals surface area contributed by atoms with Gasteiger partial charge in [0.15, 0.2) is 0 Å². The fraction of sp³-hybridized carbons (Fsp3) is 0.562. The van der Waals surface area contributed by atoms with Crippen molar-refractivity contribution in [2.24, 2.45) is 11.3 Å². The van der Waals surface area contributed by atoms with E-state index in [1.807, 2.05) is 37.3 Å². The van der Waals surface area contributed by atoms with Crippen LogP contribution in [-0.4, -0.2) is 29.4 Å². The molecule has 1 aromatic rings. The molecule has 2 rings (SSSR count). The fourth-order valence-electron chi connectivity index (χ4n) is 3.06. The van der Waals surface area contributed by atoms with Gasteiger partial charge in [-0.3, -0.25) is 4.79 Å². The molecule has 1 aromatic carbocycles. The summed E-state index contributed by atoms with van der Waals surface area (Å²) in [4.78, 5) is 11.9. The smallest absolute Gasteiger partial charge is 0.310 e. The molecule has 4 heteroatoms. The normalized spacial score (nSPS) is 21.1. The van der Waals surface area contributed by atoms with Gasteiger partial charge in [0.25, 0.3) is 0 Å². The van der Waals surface area contributed by atoms with Crippen molar-refractivity contribution in [3.63, 3.8) is 0 Å². The number of benzene rings is 1. The first-order valence-electron chi connectivity index (χ1n) is 7.21. The zero-order valence-corrected chi connectivity index (χ0v) is 12.8. The molecule has 1 fully saturated rings. The third-order valence-electron chi connectivity index (χ3n) is 4.61. The third kappa shape index (κ3) is 3.18. The van der Waals surface area contributed by atoms with Crippen molar-refractivity contribution in [1.82, 2.24) is 5.32 Å². The van der Waals surface area contributed by atoms with E-state index >= 15 is 0 Å². The minimum Gasteiger partial charge on any atom is -0.481 e. The molecule has 0 saturated carbocycles. The highest BCUT2D eigenvalue weighted by atomic mass is 32.1. The maximum absolute atomic E-state index is 11.9. The van der Waals surface area contributed by atoms with Crippen LogP contribution in [0.4, 0.5) is 0 Å². The van der Waals surface area contributed by atoms with Crippen molar-refractivity contribution >= 4 is 18.6 Å². The highest BCUT2D eigenvalue weighted by molar-refractivity contribution is 7.81. The molecule has 1 aliphatic rings. The van der Waals surface area contributed by atoms with Crippen LogP contribution in [0.25, 0.3) is 0 Å². The summed E-state index contributed by atoms with van der Waals surface area (Å²) in [5.41, 5.74) is 0.370. The first-order valence-corrected chi connectivity index (χ1v) is 7.73. The summed E-state index contributed by atoms with van der Waals surface area (Å²) < 4.78 is 0. The van der Waals surface area contributed by atoms with E-state index in [1.165, 1.54) is 0 Å². The van der Waals surface area contributed by atoms with Crippen LogP contribution >= 0.6 is 12.6 Å². The van der Waals surface area contributed by atoms with Crippen molar-refractivity contribution in [2.45, 2.75) is 31.4 Å². The standard InChI is InChI=1S/C16H23NO2S/c1-16(15(18)19,13-7-9-17-10-8-13)14(20)11-12-5-3-2-4-6-12/h2-6,13-14,17,20H,7-11H2,1H3,(H,18,19). The molecule has 2 unspecified atom stereocenters. The van der Waals surface area contributed by atoms with Gasteiger partial charge in [-0.15, -0.1) is 0 Å². The molecular weight excluding hydrogens is 270 g/mol. The van der Waals surface area contributed by atoms with E-state index in [-0.39, 0.29) is 11.2 Å². The lowest BCUT2D eigenvalue weighted by Crippen LogP contribution is -2.48. The second kappa shape index (κ2) is 6.64. The maximum Gasteiger partial charge on any atom is 0.310 e. The van der Waals surface area contributed by atoms with E-state index < -0.39 is 11.4 Å². The number of hydrogen-bond acceptors (Lipinski definition) is 3. The molecule has 2 atom stereocenters. The Morgan fingerprint density at radius 1 is 1.40 bits per heavy atom. The third-order valence-corrected chi connectivity index (χ3v) is 5.33. The topological polar surface area (TPSA) is 49.3 Å². The Morgan fingerprint density at radius 3 is 2.55 bits per heavy atom. The number of carboxylic acid groups (broad SMARTS) is 1. The van der Waals surface area contributed by atoms with Gasteiger partial charge in [0.05, 0.1) is 5.41 Å². The van der Waals surface area contributed by atoms with Crippen LogP contribution in [0, 0.1) is 11.3 Å². The van der Waals surface area contributed by atoms with Gasteiger partial charge >= 0.3 is 5.97 Å². The summed E-state index contributed by atoms with van der Waals surface area (Å²) in [5, 5.41) is 12.9. The van der Waals surface area contributed by atoms with E-state index in [9.17, 15) is 9.90 Å². The number of nitrogens with one attached hydrogen (secondary N) is 1. The van der Waals surface area contributed by atoms with E-state index in [0.717, 1.165) is 31.5 Å². The van der Waals surface area contributed by atoms with Crippen molar-refractivity contribution < 1.29 is 9.90 Å². The Balaban J connectivity index is 2.16. The highest BCUT2D eigenvalue weighted by Crippen LogP contribution is 2.41. The van der Waals surface area contributed by atoms with Crippen molar-refractivity contribution in [3.8, 4) is 0 Å². The number of aliphatic carboxylic acids is 1. The van der Waals surface area contributed by atoms with Gasteiger partial charge in [-0.1, -0.05) is 30.3 Å². The SMILES string of the molecule is CC(C(=O)O)(C(S)Cc1ccccc1)C1CCNCC1. The van der Waals surface area contributed by atoms with Gasteiger partial charge in [-0.2, -0.15) is 12.6 Å². The minimum atomic E-state index is -0.777. The van der Waals surface area contributed by atoms with E-state index in [4.69, 9.17) is 0 Å². The average molecular weight is 293 g/mol. The van der Waals surface area contributed by atoms with E-state index in [0.29, 0.717) is 6.42 Å². The lowest BCUT2D eigenvalue weighted by Gasteiger charge is -2.40.